The molecule has 3 N–H and O–H groups in total. The van der Waals surface area contributed by atoms with E-state index in [0.29, 0.717) is 16.8 Å². The van der Waals surface area contributed by atoms with Crippen molar-refractivity contribution in [3.05, 3.63) is 100 Å². The number of anilines is 1. The van der Waals surface area contributed by atoms with Crippen molar-refractivity contribution in [1.29, 1.82) is 0 Å². The first kappa shape index (κ1) is 20.0. The Kier molecular flexibility index (Phi) is 5.09. The fraction of sp³-hybridized carbons (Fsp3) is 0.0833. The smallest absolute Gasteiger partial charge is 0.261 e. The van der Waals surface area contributed by atoms with Crippen molar-refractivity contribution in [3.8, 4) is 0 Å². The molecule has 4 rings (SSSR count). The minimum absolute atomic E-state index is 0.167. The molecule has 0 saturated carbocycles. The van der Waals surface area contributed by atoms with Crippen molar-refractivity contribution in [2.75, 3.05) is 5.32 Å². The van der Waals surface area contributed by atoms with Crippen LogP contribution in [0.3, 0.4) is 0 Å². The Morgan fingerprint density at radius 1 is 0.903 bits per heavy atom. The SMILES string of the molecule is Cc1cc(NC(=O)c2ccc3c(c2)C(=O)N(Cc2ccccc2)C3=O)ccc1C(N)=O. The van der Waals surface area contributed by atoms with Crippen LogP contribution in [0.2, 0.25) is 0 Å². The lowest BCUT2D eigenvalue weighted by Crippen LogP contribution is -2.29. The molecule has 3 aromatic rings. The number of rotatable bonds is 5. The monoisotopic (exact) mass is 413 g/mol. The molecule has 1 heterocycles. The van der Waals surface area contributed by atoms with Gasteiger partial charge in [0.15, 0.2) is 0 Å². The van der Waals surface area contributed by atoms with Crippen LogP contribution in [0.25, 0.3) is 0 Å². The Bertz CT molecular complexity index is 1230. The summed E-state index contributed by atoms with van der Waals surface area (Å²) in [5, 5.41) is 2.73. The fourth-order valence-corrected chi connectivity index (χ4v) is 3.56. The fourth-order valence-electron chi connectivity index (χ4n) is 3.56. The van der Waals surface area contributed by atoms with E-state index in [0.717, 1.165) is 5.56 Å². The summed E-state index contributed by atoms with van der Waals surface area (Å²) in [7, 11) is 0. The number of carbonyl (C=O) groups excluding carboxylic acids is 4. The van der Waals surface area contributed by atoms with Gasteiger partial charge in [0.1, 0.15) is 0 Å². The number of aryl methyl sites for hydroxylation is 1. The highest BCUT2D eigenvalue weighted by molar-refractivity contribution is 6.22. The molecule has 0 aliphatic carbocycles. The minimum Gasteiger partial charge on any atom is -0.366 e. The van der Waals surface area contributed by atoms with E-state index in [2.05, 4.69) is 5.32 Å². The maximum absolute atomic E-state index is 12.8. The molecule has 1 aliphatic rings. The Morgan fingerprint density at radius 2 is 1.61 bits per heavy atom. The lowest BCUT2D eigenvalue weighted by molar-refractivity contribution is 0.0642. The van der Waals surface area contributed by atoms with Gasteiger partial charge in [-0.2, -0.15) is 0 Å². The first-order chi connectivity index (χ1) is 14.8. The molecular weight excluding hydrogens is 394 g/mol. The van der Waals surface area contributed by atoms with Gasteiger partial charge in [0, 0.05) is 16.8 Å². The third-order valence-electron chi connectivity index (χ3n) is 5.17. The molecule has 0 fully saturated rings. The van der Waals surface area contributed by atoms with Gasteiger partial charge in [-0.05, 0) is 54.4 Å². The summed E-state index contributed by atoms with van der Waals surface area (Å²) in [4.78, 5) is 50.7. The second-order valence-corrected chi connectivity index (χ2v) is 7.29. The van der Waals surface area contributed by atoms with E-state index in [-0.39, 0.29) is 29.1 Å². The van der Waals surface area contributed by atoms with Gasteiger partial charge < -0.3 is 11.1 Å². The largest absolute Gasteiger partial charge is 0.366 e. The second-order valence-electron chi connectivity index (χ2n) is 7.29. The minimum atomic E-state index is -0.544. The standard InChI is InChI=1S/C24H19N3O4/c1-14-11-17(8-10-18(14)21(25)28)26-22(29)16-7-9-19-20(12-16)24(31)27(23(19)30)13-15-5-3-2-4-6-15/h2-12H,13H2,1H3,(H2,25,28)(H,26,29). The van der Waals surface area contributed by atoms with Crippen molar-refractivity contribution in [2.24, 2.45) is 5.73 Å². The zero-order valence-electron chi connectivity index (χ0n) is 16.7. The van der Waals surface area contributed by atoms with Crippen LogP contribution in [0.1, 0.15) is 52.6 Å². The number of amides is 4. The van der Waals surface area contributed by atoms with Gasteiger partial charge in [-0.15, -0.1) is 0 Å². The van der Waals surface area contributed by atoms with Crippen molar-refractivity contribution < 1.29 is 19.2 Å². The highest BCUT2D eigenvalue weighted by Gasteiger charge is 2.36. The van der Waals surface area contributed by atoms with E-state index < -0.39 is 17.7 Å². The molecule has 0 radical (unpaired) electrons. The number of nitrogens with zero attached hydrogens (tertiary/aromatic N) is 1. The van der Waals surface area contributed by atoms with Crippen LogP contribution in [0.15, 0.2) is 66.7 Å². The third-order valence-corrected chi connectivity index (χ3v) is 5.17. The number of nitrogens with two attached hydrogens (primary N) is 1. The van der Waals surface area contributed by atoms with Crippen LogP contribution < -0.4 is 11.1 Å². The van der Waals surface area contributed by atoms with Gasteiger partial charge in [-0.1, -0.05) is 30.3 Å². The molecule has 0 unspecified atom stereocenters. The predicted molar refractivity (Wildman–Crippen MR) is 115 cm³/mol. The molecule has 7 heteroatoms. The van der Waals surface area contributed by atoms with E-state index in [1.807, 2.05) is 30.3 Å². The number of fused-ring (bicyclic) bond motifs is 1. The molecule has 0 spiro atoms. The zero-order valence-corrected chi connectivity index (χ0v) is 16.7. The third kappa shape index (κ3) is 3.81. The molecule has 1 aliphatic heterocycles. The highest BCUT2D eigenvalue weighted by atomic mass is 16.2. The quantitative estimate of drug-likeness (QED) is 0.626. The summed E-state index contributed by atoms with van der Waals surface area (Å²) >= 11 is 0. The van der Waals surface area contributed by atoms with Crippen LogP contribution in [0, 0.1) is 6.92 Å². The van der Waals surface area contributed by atoms with Crippen LogP contribution in [0.4, 0.5) is 5.69 Å². The number of hydrogen-bond donors (Lipinski definition) is 2. The lowest BCUT2D eigenvalue weighted by Gasteiger charge is -2.13. The summed E-state index contributed by atoms with van der Waals surface area (Å²) in [6.45, 7) is 1.89. The first-order valence-electron chi connectivity index (χ1n) is 9.61. The Balaban J connectivity index is 1.55. The number of nitrogens with one attached hydrogen (secondary N) is 1. The number of primary amides is 1. The molecule has 154 valence electrons. The van der Waals surface area contributed by atoms with Gasteiger partial charge in [-0.25, -0.2) is 0 Å². The van der Waals surface area contributed by atoms with Crippen molar-refractivity contribution in [1.82, 2.24) is 4.90 Å². The summed E-state index contributed by atoms with van der Waals surface area (Å²) in [6.07, 6.45) is 0. The summed E-state index contributed by atoms with van der Waals surface area (Å²) in [5.41, 5.74) is 8.37. The Morgan fingerprint density at radius 3 is 2.29 bits per heavy atom. The molecule has 4 amide bonds. The van der Waals surface area contributed by atoms with E-state index in [1.54, 1.807) is 25.1 Å². The van der Waals surface area contributed by atoms with Gasteiger partial charge in [-0.3, -0.25) is 24.1 Å². The molecule has 0 atom stereocenters. The number of benzene rings is 3. The molecule has 7 nitrogen and oxygen atoms in total. The Labute approximate surface area is 178 Å². The predicted octanol–water partition coefficient (Wildman–Crippen LogP) is 3.14. The Hall–Kier alpha value is -4.26. The van der Waals surface area contributed by atoms with E-state index >= 15 is 0 Å². The second kappa shape index (κ2) is 7.87. The van der Waals surface area contributed by atoms with Gasteiger partial charge in [0.25, 0.3) is 17.7 Å². The van der Waals surface area contributed by atoms with Crippen LogP contribution >= 0.6 is 0 Å². The lowest BCUT2D eigenvalue weighted by atomic mass is 10.0. The molecular formula is C24H19N3O4. The first-order valence-corrected chi connectivity index (χ1v) is 9.61. The normalized spacial score (nSPS) is 12.6. The number of hydrogen-bond acceptors (Lipinski definition) is 4. The summed E-state index contributed by atoms with van der Waals surface area (Å²) < 4.78 is 0. The van der Waals surface area contributed by atoms with Crippen molar-refractivity contribution in [3.63, 3.8) is 0 Å². The summed E-state index contributed by atoms with van der Waals surface area (Å²) in [5.74, 6) is -1.79. The van der Waals surface area contributed by atoms with E-state index in [9.17, 15) is 19.2 Å². The highest BCUT2D eigenvalue weighted by Crippen LogP contribution is 2.26. The van der Waals surface area contributed by atoms with Crippen molar-refractivity contribution >= 4 is 29.3 Å². The topological polar surface area (TPSA) is 110 Å². The molecule has 31 heavy (non-hydrogen) atoms. The number of carbonyl (C=O) groups is 4. The molecule has 3 aromatic carbocycles. The number of imide groups is 1. The molecule has 0 bridgehead atoms. The van der Waals surface area contributed by atoms with Gasteiger partial charge >= 0.3 is 0 Å². The van der Waals surface area contributed by atoms with Crippen LogP contribution in [0.5, 0.6) is 0 Å². The molecule has 0 saturated heterocycles. The maximum atomic E-state index is 12.8. The summed E-state index contributed by atoms with van der Waals surface area (Å²) in [6, 6.07) is 18.4. The average Bonchev–Trinajstić information content (AvgIpc) is 2.98. The molecule has 0 aromatic heterocycles. The average molecular weight is 413 g/mol. The van der Waals surface area contributed by atoms with Crippen molar-refractivity contribution in [2.45, 2.75) is 13.5 Å². The van der Waals surface area contributed by atoms with Crippen LogP contribution in [-0.4, -0.2) is 28.5 Å². The van der Waals surface area contributed by atoms with E-state index in [4.69, 9.17) is 5.73 Å². The maximum Gasteiger partial charge on any atom is 0.261 e. The van der Waals surface area contributed by atoms with Gasteiger partial charge in [0.05, 0.1) is 17.7 Å². The van der Waals surface area contributed by atoms with Crippen LogP contribution in [-0.2, 0) is 6.54 Å². The van der Waals surface area contributed by atoms with E-state index in [1.165, 1.54) is 23.1 Å². The van der Waals surface area contributed by atoms with Gasteiger partial charge in [0.2, 0.25) is 5.91 Å². The zero-order chi connectivity index (χ0) is 22.1.